The van der Waals surface area contributed by atoms with E-state index in [0.717, 1.165) is 0 Å². The molecular formula is C18H29FN4O4S. The number of benzene rings is 1. The van der Waals surface area contributed by atoms with E-state index in [1.165, 1.54) is 10.4 Å². The van der Waals surface area contributed by atoms with E-state index in [0.29, 0.717) is 38.3 Å². The van der Waals surface area contributed by atoms with Crippen LogP contribution in [0.3, 0.4) is 0 Å². The number of carbonyl (C=O) groups excluding carboxylic acids is 1. The van der Waals surface area contributed by atoms with Gasteiger partial charge in [0, 0.05) is 31.7 Å². The Labute approximate surface area is 166 Å². The van der Waals surface area contributed by atoms with Crippen molar-refractivity contribution in [1.29, 1.82) is 5.41 Å². The number of halogens is 1. The van der Waals surface area contributed by atoms with E-state index in [-0.39, 0.29) is 37.6 Å². The number of amidine groups is 1. The number of hydrogen-bond donors (Lipinski definition) is 2. The van der Waals surface area contributed by atoms with Crippen LogP contribution in [-0.4, -0.2) is 56.5 Å². The summed E-state index contributed by atoms with van der Waals surface area (Å²) >= 11 is 0. The Hall–Kier alpha value is -2.20. The van der Waals surface area contributed by atoms with E-state index in [1.54, 1.807) is 17.0 Å². The van der Waals surface area contributed by atoms with E-state index >= 15 is 0 Å². The van der Waals surface area contributed by atoms with Crippen LogP contribution >= 0.6 is 0 Å². The molecule has 0 spiro atoms. The first-order valence-corrected chi connectivity index (χ1v) is 10.3. The van der Waals surface area contributed by atoms with Gasteiger partial charge in [-0.3, -0.25) is 10.2 Å². The molecule has 1 saturated heterocycles. The van der Waals surface area contributed by atoms with Crippen molar-refractivity contribution in [3.8, 4) is 0 Å². The number of ether oxygens (including phenoxy) is 1. The molecule has 0 aliphatic carbocycles. The Morgan fingerprint density at radius 1 is 1.29 bits per heavy atom. The number of sulfonamides is 1. The van der Waals surface area contributed by atoms with Crippen LogP contribution in [0, 0.1) is 11.2 Å². The highest BCUT2D eigenvalue weighted by Gasteiger charge is 2.27. The molecule has 0 aromatic heterocycles. The molecule has 1 fully saturated rings. The SMILES string of the molecule is C.CCCS(=O)(=O)N1CCN(c2cccc(COC(=O)CC(=N)N)c2F)CC1. The van der Waals surface area contributed by atoms with Crippen molar-refractivity contribution < 1.29 is 22.3 Å². The van der Waals surface area contributed by atoms with Gasteiger partial charge in [-0.05, 0) is 12.5 Å². The largest absolute Gasteiger partial charge is 0.460 e. The van der Waals surface area contributed by atoms with E-state index in [4.69, 9.17) is 15.9 Å². The Morgan fingerprint density at radius 3 is 2.50 bits per heavy atom. The zero-order valence-electron chi connectivity index (χ0n) is 15.3. The standard InChI is InChI=1S/C17H25FN4O4S.CH4/c1-2-10-27(24,25)22-8-6-21(7-9-22)14-5-3-4-13(17(14)18)12-26-16(23)11-15(19)20;/h3-5H,2,6-12H2,1H3,(H3,19,20);1H4. The Balaban J connectivity index is 0.00000392. The van der Waals surface area contributed by atoms with E-state index in [1.807, 2.05) is 6.92 Å². The van der Waals surface area contributed by atoms with Gasteiger partial charge in [0.05, 0.1) is 11.4 Å². The Bertz CT molecular complexity index is 793. The van der Waals surface area contributed by atoms with Gasteiger partial charge in [-0.25, -0.2) is 12.8 Å². The molecule has 158 valence electrons. The van der Waals surface area contributed by atoms with Crippen molar-refractivity contribution in [2.75, 3.05) is 36.8 Å². The molecule has 1 aliphatic heterocycles. The Morgan fingerprint density at radius 2 is 1.93 bits per heavy atom. The van der Waals surface area contributed by atoms with Crippen LogP contribution in [0.4, 0.5) is 10.1 Å². The maximum absolute atomic E-state index is 14.8. The van der Waals surface area contributed by atoms with Crippen LogP contribution < -0.4 is 10.6 Å². The molecule has 10 heteroatoms. The normalized spacial score (nSPS) is 15.0. The summed E-state index contributed by atoms with van der Waals surface area (Å²) in [6.45, 7) is 2.94. The second-order valence-electron chi connectivity index (χ2n) is 6.32. The first kappa shape index (κ1) is 23.8. The third-order valence-electron chi connectivity index (χ3n) is 4.22. The summed E-state index contributed by atoms with van der Waals surface area (Å²) < 4.78 is 45.4. The van der Waals surface area contributed by atoms with Crippen molar-refractivity contribution in [2.24, 2.45) is 5.73 Å². The van der Waals surface area contributed by atoms with Crippen LogP contribution in [0.25, 0.3) is 0 Å². The van der Waals surface area contributed by atoms with Crippen molar-refractivity contribution in [3.63, 3.8) is 0 Å². The molecule has 0 amide bonds. The van der Waals surface area contributed by atoms with Crippen LogP contribution in [0.15, 0.2) is 18.2 Å². The van der Waals surface area contributed by atoms with Gasteiger partial charge in [0.15, 0.2) is 5.82 Å². The smallest absolute Gasteiger partial charge is 0.313 e. The predicted octanol–water partition coefficient (Wildman–Crippen LogP) is 1.69. The molecule has 0 bridgehead atoms. The van der Waals surface area contributed by atoms with E-state index in [9.17, 15) is 17.6 Å². The van der Waals surface area contributed by atoms with Gasteiger partial charge >= 0.3 is 5.97 Å². The summed E-state index contributed by atoms with van der Waals surface area (Å²) in [6.07, 6.45) is 0.219. The Kier molecular flexibility index (Phi) is 8.83. The maximum atomic E-state index is 14.8. The van der Waals surface area contributed by atoms with Crippen LogP contribution in [0.1, 0.15) is 32.8 Å². The first-order chi connectivity index (χ1) is 12.7. The summed E-state index contributed by atoms with van der Waals surface area (Å²) in [5, 5.41) is 7.05. The molecule has 3 N–H and O–H groups in total. The number of nitrogens with two attached hydrogens (primary N) is 1. The molecule has 1 heterocycles. The summed E-state index contributed by atoms with van der Waals surface area (Å²) in [4.78, 5) is 13.3. The van der Waals surface area contributed by atoms with Gasteiger partial charge in [0.1, 0.15) is 18.9 Å². The third kappa shape index (κ3) is 6.16. The van der Waals surface area contributed by atoms with Crippen LogP contribution in [0.2, 0.25) is 0 Å². The molecule has 0 radical (unpaired) electrons. The topological polar surface area (TPSA) is 117 Å². The number of piperazine rings is 1. The second kappa shape index (κ2) is 10.4. The minimum absolute atomic E-state index is 0. The molecule has 1 aliphatic rings. The summed E-state index contributed by atoms with van der Waals surface area (Å²) in [6, 6.07) is 4.79. The summed E-state index contributed by atoms with van der Waals surface area (Å²) in [5.74, 6) is -1.40. The fourth-order valence-corrected chi connectivity index (χ4v) is 4.37. The molecule has 8 nitrogen and oxygen atoms in total. The van der Waals surface area contributed by atoms with Crippen molar-refractivity contribution >= 4 is 27.5 Å². The lowest BCUT2D eigenvalue weighted by Gasteiger charge is -2.35. The third-order valence-corrected chi connectivity index (χ3v) is 6.29. The summed E-state index contributed by atoms with van der Waals surface area (Å²) in [5.41, 5.74) is 5.69. The van der Waals surface area contributed by atoms with Gasteiger partial charge in [-0.2, -0.15) is 4.31 Å². The number of esters is 1. The molecule has 1 aromatic rings. The van der Waals surface area contributed by atoms with E-state index in [2.05, 4.69) is 0 Å². The molecule has 0 atom stereocenters. The highest BCUT2D eigenvalue weighted by Crippen LogP contribution is 2.25. The molecule has 2 rings (SSSR count). The zero-order chi connectivity index (χ0) is 20.0. The molecule has 0 unspecified atom stereocenters. The molecular weight excluding hydrogens is 387 g/mol. The number of nitrogens with one attached hydrogen (secondary N) is 1. The molecule has 0 saturated carbocycles. The van der Waals surface area contributed by atoms with Gasteiger partial charge < -0.3 is 15.4 Å². The molecule has 28 heavy (non-hydrogen) atoms. The average molecular weight is 417 g/mol. The van der Waals surface area contributed by atoms with Gasteiger partial charge in [-0.1, -0.05) is 26.5 Å². The number of anilines is 1. The number of carbonyl (C=O) groups is 1. The number of rotatable bonds is 8. The minimum Gasteiger partial charge on any atom is -0.460 e. The maximum Gasteiger partial charge on any atom is 0.313 e. The van der Waals surface area contributed by atoms with Crippen LogP contribution in [-0.2, 0) is 26.2 Å². The van der Waals surface area contributed by atoms with Gasteiger partial charge in [0.25, 0.3) is 0 Å². The van der Waals surface area contributed by atoms with Crippen LogP contribution in [0.5, 0.6) is 0 Å². The highest BCUT2D eigenvalue weighted by molar-refractivity contribution is 7.89. The van der Waals surface area contributed by atoms with Crippen molar-refractivity contribution in [3.05, 3.63) is 29.6 Å². The quantitative estimate of drug-likeness (QED) is 0.378. The summed E-state index contributed by atoms with van der Waals surface area (Å²) in [7, 11) is -3.26. The monoisotopic (exact) mass is 416 g/mol. The first-order valence-electron chi connectivity index (χ1n) is 8.73. The lowest BCUT2D eigenvalue weighted by atomic mass is 10.1. The van der Waals surface area contributed by atoms with E-state index < -0.39 is 21.8 Å². The van der Waals surface area contributed by atoms with Crippen molar-refractivity contribution in [2.45, 2.75) is 33.8 Å². The minimum atomic E-state index is -3.26. The number of nitrogens with zero attached hydrogens (tertiary/aromatic N) is 2. The second-order valence-corrected chi connectivity index (χ2v) is 8.40. The zero-order valence-corrected chi connectivity index (χ0v) is 16.1. The predicted molar refractivity (Wildman–Crippen MR) is 107 cm³/mol. The van der Waals surface area contributed by atoms with Crippen molar-refractivity contribution in [1.82, 2.24) is 4.31 Å². The lowest BCUT2D eigenvalue weighted by Crippen LogP contribution is -2.49. The fourth-order valence-electron chi connectivity index (χ4n) is 2.88. The average Bonchev–Trinajstić information content (AvgIpc) is 2.60. The van der Waals surface area contributed by atoms with Gasteiger partial charge in [-0.15, -0.1) is 0 Å². The molecule has 1 aromatic carbocycles. The highest BCUT2D eigenvalue weighted by atomic mass is 32.2. The fraction of sp³-hybridized carbons (Fsp3) is 0.556. The van der Waals surface area contributed by atoms with Gasteiger partial charge in [0.2, 0.25) is 10.0 Å². The number of hydrogen-bond acceptors (Lipinski definition) is 6. The lowest BCUT2D eigenvalue weighted by molar-refractivity contribution is -0.143.